The van der Waals surface area contributed by atoms with Gasteiger partial charge in [-0.3, -0.25) is 14.4 Å². The summed E-state index contributed by atoms with van der Waals surface area (Å²) in [4.78, 5) is 35.9. The molecule has 1 aromatic rings. The molecule has 1 unspecified atom stereocenters. The van der Waals surface area contributed by atoms with E-state index >= 15 is 0 Å². The number of amides is 2. The number of carboxylic acids is 1. The van der Waals surface area contributed by atoms with Gasteiger partial charge in [0.15, 0.2) is 0 Å². The highest BCUT2D eigenvalue weighted by Gasteiger charge is 2.36. The van der Waals surface area contributed by atoms with Crippen LogP contribution >= 0.6 is 0 Å². The summed E-state index contributed by atoms with van der Waals surface area (Å²) in [5, 5.41) is 11.5. The van der Waals surface area contributed by atoms with Crippen molar-refractivity contribution in [2.24, 2.45) is 11.8 Å². The number of aliphatic carboxylic acids is 1. The van der Waals surface area contributed by atoms with Crippen molar-refractivity contribution in [3.8, 4) is 0 Å². The predicted octanol–water partition coefficient (Wildman–Crippen LogP) is 0.579. The summed E-state index contributed by atoms with van der Waals surface area (Å²) in [6.45, 7) is 2.85. The van der Waals surface area contributed by atoms with E-state index in [1.54, 1.807) is 17.9 Å². The molecule has 1 atom stereocenters. The molecule has 21 heavy (non-hydrogen) atoms. The fraction of sp³-hybridized carbons (Fsp3) is 0.500. The standard InChI is InChI=1S/C14H18N2O5/c1-9(14(19)20)11-6-16(7-11)12(17)2-4-15-13(18)10-3-5-21-8-10/h3,5,8-9,11H,2,4,6-7H2,1H3,(H,15,18)(H,19,20). The summed E-state index contributed by atoms with van der Waals surface area (Å²) < 4.78 is 4.80. The van der Waals surface area contributed by atoms with E-state index in [1.165, 1.54) is 12.5 Å². The first-order valence-corrected chi connectivity index (χ1v) is 6.80. The largest absolute Gasteiger partial charge is 0.481 e. The third-order valence-corrected chi connectivity index (χ3v) is 3.77. The average Bonchev–Trinajstić information content (AvgIpc) is 2.90. The summed E-state index contributed by atoms with van der Waals surface area (Å²) in [6, 6.07) is 1.55. The molecule has 0 spiro atoms. The van der Waals surface area contributed by atoms with Gasteiger partial charge in [0.1, 0.15) is 6.26 Å². The summed E-state index contributed by atoms with van der Waals surface area (Å²) in [6.07, 6.45) is 2.95. The Balaban J connectivity index is 1.65. The molecule has 7 nitrogen and oxygen atoms in total. The lowest BCUT2D eigenvalue weighted by Crippen LogP contribution is -2.53. The van der Waals surface area contributed by atoms with Crippen LogP contribution in [0.1, 0.15) is 23.7 Å². The molecule has 2 heterocycles. The maximum Gasteiger partial charge on any atom is 0.306 e. The Hall–Kier alpha value is -2.31. The maximum atomic E-state index is 11.8. The number of rotatable bonds is 6. The Morgan fingerprint density at radius 2 is 2.19 bits per heavy atom. The van der Waals surface area contributed by atoms with Gasteiger partial charge in [-0.15, -0.1) is 0 Å². The number of nitrogens with zero attached hydrogens (tertiary/aromatic N) is 1. The fourth-order valence-corrected chi connectivity index (χ4v) is 2.17. The molecule has 2 rings (SSSR count). The molecule has 1 saturated heterocycles. The molecule has 2 N–H and O–H groups in total. The maximum absolute atomic E-state index is 11.8. The minimum absolute atomic E-state index is 0.0203. The Morgan fingerprint density at radius 3 is 2.76 bits per heavy atom. The van der Waals surface area contributed by atoms with E-state index in [1.807, 2.05) is 0 Å². The van der Waals surface area contributed by atoms with Crippen LogP contribution in [0, 0.1) is 11.8 Å². The minimum Gasteiger partial charge on any atom is -0.481 e. The van der Waals surface area contributed by atoms with Crippen LogP contribution < -0.4 is 5.32 Å². The fourth-order valence-electron chi connectivity index (χ4n) is 2.17. The summed E-state index contributed by atoms with van der Waals surface area (Å²) in [5.41, 5.74) is 0.418. The van der Waals surface area contributed by atoms with Crippen molar-refractivity contribution in [3.63, 3.8) is 0 Å². The second-order valence-corrected chi connectivity index (χ2v) is 5.20. The number of carbonyl (C=O) groups excluding carboxylic acids is 2. The zero-order valence-electron chi connectivity index (χ0n) is 11.7. The number of hydrogen-bond donors (Lipinski definition) is 2. The lowest BCUT2D eigenvalue weighted by molar-refractivity contribution is -0.150. The Kier molecular flexibility index (Phi) is 4.62. The van der Waals surface area contributed by atoms with Crippen molar-refractivity contribution >= 4 is 17.8 Å². The first-order valence-electron chi connectivity index (χ1n) is 6.80. The van der Waals surface area contributed by atoms with Crippen LogP contribution in [0.15, 0.2) is 23.0 Å². The zero-order valence-corrected chi connectivity index (χ0v) is 11.7. The lowest BCUT2D eigenvalue weighted by Gasteiger charge is -2.41. The van der Waals surface area contributed by atoms with E-state index < -0.39 is 11.9 Å². The molecule has 1 aromatic heterocycles. The highest BCUT2D eigenvalue weighted by Crippen LogP contribution is 2.24. The van der Waals surface area contributed by atoms with Gasteiger partial charge in [-0.25, -0.2) is 0 Å². The lowest BCUT2D eigenvalue weighted by atomic mass is 9.87. The first-order chi connectivity index (χ1) is 9.99. The molecule has 2 amide bonds. The smallest absolute Gasteiger partial charge is 0.306 e. The van der Waals surface area contributed by atoms with Crippen LogP contribution in [-0.4, -0.2) is 47.4 Å². The normalized spacial score (nSPS) is 16.1. The zero-order chi connectivity index (χ0) is 15.4. The molecule has 114 valence electrons. The molecular formula is C14H18N2O5. The summed E-state index contributed by atoms with van der Waals surface area (Å²) in [7, 11) is 0. The van der Waals surface area contributed by atoms with Crippen LogP contribution in [0.5, 0.6) is 0 Å². The van der Waals surface area contributed by atoms with Crippen LogP contribution in [0.3, 0.4) is 0 Å². The summed E-state index contributed by atoms with van der Waals surface area (Å²) in [5.74, 6) is -1.60. The van der Waals surface area contributed by atoms with Crippen LogP contribution in [0.25, 0.3) is 0 Å². The van der Waals surface area contributed by atoms with Gasteiger partial charge in [0.2, 0.25) is 5.91 Å². The first kappa shape index (κ1) is 15.1. The van der Waals surface area contributed by atoms with E-state index in [0.29, 0.717) is 18.7 Å². The van der Waals surface area contributed by atoms with E-state index in [4.69, 9.17) is 9.52 Å². The third-order valence-electron chi connectivity index (χ3n) is 3.77. The molecule has 0 radical (unpaired) electrons. The van der Waals surface area contributed by atoms with E-state index in [9.17, 15) is 14.4 Å². The van der Waals surface area contributed by atoms with Gasteiger partial charge in [0, 0.05) is 32.0 Å². The molecule has 1 fully saturated rings. The minimum atomic E-state index is -0.834. The third kappa shape index (κ3) is 3.62. The second kappa shape index (κ2) is 6.43. The van der Waals surface area contributed by atoms with Crippen LogP contribution in [0.2, 0.25) is 0 Å². The van der Waals surface area contributed by atoms with Crippen LogP contribution in [-0.2, 0) is 9.59 Å². The van der Waals surface area contributed by atoms with E-state index in [-0.39, 0.29) is 30.7 Å². The Morgan fingerprint density at radius 1 is 1.48 bits per heavy atom. The van der Waals surface area contributed by atoms with Gasteiger partial charge in [-0.2, -0.15) is 0 Å². The molecule has 0 bridgehead atoms. The van der Waals surface area contributed by atoms with Gasteiger partial charge < -0.3 is 19.7 Å². The van der Waals surface area contributed by atoms with Crippen molar-refractivity contribution in [1.29, 1.82) is 0 Å². The molecule has 7 heteroatoms. The SMILES string of the molecule is CC(C(=O)O)C1CN(C(=O)CCNC(=O)c2ccoc2)C1. The monoisotopic (exact) mass is 294 g/mol. The number of carboxylic acid groups (broad SMARTS) is 1. The Bertz CT molecular complexity index is 519. The van der Waals surface area contributed by atoms with Gasteiger partial charge in [-0.05, 0) is 6.07 Å². The second-order valence-electron chi connectivity index (χ2n) is 5.20. The van der Waals surface area contributed by atoms with Gasteiger partial charge in [0.05, 0.1) is 17.7 Å². The predicted molar refractivity (Wildman–Crippen MR) is 72.5 cm³/mol. The molecule has 0 saturated carbocycles. The topological polar surface area (TPSA) is 99.9 Å². The number of likely N-dealkylation sites (tertiary alicyclic amines) is 1. The highest BCUT2D eigenvalue weighted by atomic mass is 16.4. The molecule has 0 aliphatic carbocycles. The van der Waals surface area contributed by atoms with Gasteiger partial charge in [-0.1, -0.05) is 6.92 Å². The van der Waals surface area contributed by atoms with Gasteiger partial charge in [0.25, 0.3) is 5.91 Å². The van der Waals surface area contributed by atoms with E-state index in [0.717, 1.165) is 0 Å². The Labute approximate surface area is 121 Å². The molecule has 1 aliphatic rings. The van der Waals surface area contributed by atoms with Crippen molar-refractivity contribution in [2.75, 3.05) is 19.6 Å². The van der Waals surface area contributed by atoms with Crippen LogP contribution in [0.4, 0.5) is 0 Å². The average molecular weight is 294 g/mol. The number of furan rings is 1. The quantitative estimate of drug-likeness (QED) is 0.799. The summed E-state index contributed by atoms with van der Waals surface area (Å²) >= 11 is 0. The number of nitrogens with one attached hydrogen (secondary N) is 1. The number of carbonyl (C=O) groups is 3. The van der Waals surface area contributed by atoms with E-state index in [2.05, 4.69) is 5.32 Å². The van der Waals surface area contributed by atoms with Crippen molar-refractivity contribution in [1.82, 2.24) is 10.2 Å². The van der Waals surface area contributed by atoms with Crippen molar-refractivity contribution in [3.05, 3.63) is 24.2 Å². The molecular weight excluding hydrogens is 276 g/mol. The van der Waals surface area contributed by atoms with Gasteiger partial charge >= 0.3 is 5.97 Å². The van der Waals surface area contributed by atoms with Crippen molar-refractivity contribution < 1.29 is 23.9 Å². The molecule has 1 aliphatic heterocycles. The van der Waals surface area contributed by atoms with Crippen molar-refractivity contribution in [2.45, 2.75) is 13.3 Å². The number of hydrogen-bond acceptors (Lipinski definition) is 4. The highest BCUT2D eigenvalue weighted by molar-refractivity contribution is 5.94. The molecule has 0 aromatic carbocycles.